The van der Waals surface area contributed by atoms with Crippen molar-refractivity contribution in [2.45, 2.75) is 32.4 Å². The van der Waals surface area contributed by atoms with E-state index in [1.54, 1.807) is 0 Å². The number of nitrogens with zero attached hydrogens (tertiary/aromatic N) is 1. The fourth-order valence-electron chi connectivity index (χ4n) is 2.17. The third-order valence-corrected chi connectivity index (χ3v) is 3.44. The largest absolute Gasteiger partial charge is 0.380 e. The van der Waals surface area contributed by atoms with Gasteiger partial charge in [0.1, 0.15) is 0 Å². The lowest BCUT2D eigenvalue weighted by atomic mass is 10.0. The smallest absolute Gasteiger partial charge is 0.0710 e. The molecule has 0 saturated carbocycles. The second kappa shape index (κ2) is 5.69. The Kier molecular flexibility index (Phi) is 4.85. The molecule has 3 unspecified atom stereocenters. The third-order valence-electron chi connectivity index (χ3n) is 3.44. The third kappa shape index (κ3) is 2.94. The van der Waals surface area contributed by atoms with Gasteiger partial charge in [-0.25, -0.2) is 0 Å². The molecule has 0 aromatic rings. The minimum absolute atomic E-state index is 0.458. The van der Waals surface area contributed by atoms with Crippen LogP contribution in [0.1, 0.15) is 20.3 Å². The van der Waals surface area contributed by atoms with Crippen molar-refractivity contribution in [3.05, 3.63) is 0 Å². The molecule has 1 fully saturated rings. The Balaban J connectivity index is 2.34. The molecule has 1 heterocycles. The number of likely N-dealkylation sites (tertiary alicyclic amines) is 1. The summed E-state index contributed by atoms with van der Waals surface area (Å²) in [5.41, 5.74) is 0. The molecule has 0 aromatic carbocycles. The zero-order chi connectivity index (χ0) is 10.6. The van der Waals surface area contributed by atoms with Gasteiger partial charge in [0.15, 0.2) is 0 Å². The van der Waals surface area contributed by atoms with Crippen LogP contribution in [0.4, 0.5) is 0 Å². The van der Waals surface area contributed by atoms with Gasteiger partial charge in [-0.1, -0.05) is 6.92 Å². The van der Waals surface area contributed by atoms with Crippen LogP contribution in [-0.2, 0) is 4.74 Å². The summed E-state index contributed by atoms with van der Waals surface area (Å²) in [6, 6.07) is 0.655. The number of nitrogens with one attached hydrogen (secondary N) is 1. The number of hydrogen-bond acceptors (Lipinski definition) is 3. The lowest BCUT2D eigenvalue weighted by Gasteiger charge is -2.29. The van der Waals surface area contributed by atoms with Crippen LogP contribution in [-0.4, -0.2) is 50.8 Å². The molecule has 3 heteroatoms. The quantitative estimate of drug-likeness (QED) is 0.715. The molecule has 1 saturated heterocycles. The van der Waals surface area contributed by atoms with E-state index >= 15 is 0 Å². The lowest BCUT2D eigenvalue weighted by molar-refractivity contribution is 0.0961. The molecule has 1 rings (SSSR count). The molecule has 84 valence electrons. The van der Waals surface area contributed by atoms with Crippen LogP contribution in [0.15, 0.2) is 0 Å². The van der Waals surface area contributed by atoms with E-state index in [1.165, 1.54) is 13.0 Å². The van der Waals surface area contributed by atoms with Gasteiger partial charge in [0.05, 0.1) is 6.10 Å². The van der Waals surface area contributed by atoms with E-state index in [4.69, 9.17) is 4.74 Å². The highest BCUT2D eigenvalue weighted by atomic mass is 16.5. The van der Waals surface area contributed by atoms with Crippen molar-refractivity contribution in [2.75, 3.05) is 33.8 Å². The Morgan fingerprint density at radius 1 is 1.50 bits per heavy atom. The fraction of sp³-hybridized carbons (Fsp3) is 1.00. The molecule has 0 amide bonds. The van der Waals surface area contributed by atoms with Crippen LogP contribution in [0.5, 0.6) is 0 Å². The molecule has 1 aliphatic heterocycles. The molecule has 1 N–H and O–H groups in total. The van der Waals surface area contributed by atoms with Crippen molar-refractivity contribution in [3.8, 4) is 0 Å². The van der Waals surface area contributed by atoms with Crippen molar-refractivity contribution >= 4 is 0 Å². The normalized spacial score (nSPS) is 27.9. The number of ether oxygens (including phenoxy) is 1. The van der Waals surface area contributed by atoms with Gasteiger partial charge in [0.25, 0.3) is 0 Å². The molecule has 3 atom stereocenters. The topological polar surface area (TPSA) is 24.5 Å². The molecular weight excluding hydrogens is 176 g/mol. The van der Waals surface area contributed by atoms with Gasteiger partial charge in [-0.3, -0.25) is 4.90 Å². The predicted octanol–water partition coefficient (Wildman–Crippen LogP) is 0.951. The summed E-state index contributed by atoms with van der Waals surface area (Å²) in [5.74, 6) is 0.704. The average Bonchev–Trinajstić information content (AvgIpc) is 2.65. The highest BCUT2D eigenvalue weighted by molar-refractivity contribution is 4.82. The van der Waals surface area contributed by atoms with Gasteiger partial charge in [-0.05, 0) is 32.9 Å². The van der Waals surface area contributed by atoms with Crippen molar-refractivity contribution < 1.29 is 4.74 Å². The molecule has 1 aliphatic rings. The second-order valence-corrected chi connectivity index (χ2v) is 4.42. The zero-order valence-corrected chi connectivity index (χ0v) is 9.92. The Morgan fingerprint density at radius 3 is 2.71 bits per heavy atom. The molecule has 14 heavy (non-hydrogen) atoms. The Labute approximate surface area is 87.8 Å². The standard InChI is InChI=1S/C11H24N2O/c1-9(7-12-3)10(2)13-6-5-11(8-13)14-4/h9-12H,5-8H2,1-4H3. The van der Waals surface area contributed by atoms with Gasteiger partial charge in [-0.2, -0.15) is 0 Å². The SMILES string of the molecule is CNCC(C)C(C)N1CCC(OC)C1. The monoisotopic (exact) mass is 200 g/mol. The first-order valence-electron chi connectivity index (χ1n) is 5.60. The minimum Gasteiger partial charge on any atom is -0.380 e. The summed E-state index contributed by atoms with van der Waals surface area (Å²) in [6.07, 6.45) is 1.65. The van der Waals surface area contributed by atoms with E-state index in [-0.39, 0.29) is 0 Å². The number of rotatable bonds is 5. The van der Waals surface area contributed by atoms with Gasteiger partial charge < -0.3 is 10.1 Å². The van der Waals surface area contributed by atoms with Crippen LogP contribution in [0.3, 0.4) is 0 Å². The van der Waals surface area contributed by atoms with E-state index in [9.17, 15) is 0 Å². The summed E-state index contributed by atoms with van der Waals surface area (Å²) < 4.78 is 5.37. The summed E-state index contributed by atoms with van der Waals surface area (Å²) in [6.45, 7) is 8.01. The van der Waals surface area contributed by atoms with Crippen molar-refractivity contribution in [1.82, 2.24) is 10.2 Å². The van der Waals surface area contributed by atoms with Crippen LogP contribution in [0, 0.1) is 5.92 Å². The first-order chi connectivity index (χ1) is 6.69. The van der Waals surface area contributed by atoms with Crippen LogP contribution in [0.2, 0.25) is 0 Å². The highest BCUT2D eigenvalue weighted by Crippen LogP contribution is 2.18. The van der Waals surface area contributed by atoms with Gasteiger partial charge in [0, 0.05) is 26.2 Å². The Morgan fingerprint density at radius 2 is 2.21 bits per heavy atom. The first-order valence-corrected chi connectivity index (χ1v) is 5.60. The fourth-order valence-corrected chi connectivity index (χ4v) is 2.17. The summed E-state index contributed by atoms with van der Waals surface area (Å²) in [7, 11) is 3.83. The van der Waals surface area contributed by atoms with E-state index in [1.807, 2.05) is 14.2 Å². The highest BCUT2D eigenvalue weighted by Gasteiger charge is 2.28. The minimum atomic E-state index is 0.458. The van der Waals surface area contributed by atoms with Crippen molar-refractivity contribution in [2.24, 2.45) is 5.92 Å². The molecule has 0 bridgehead atoms. The van der Waals surface area contributed by atoms with Crippen LogP contribution < -0.4 is 5.32 Å². The lowest BCUT2D eigenvalue weighted by Crippen LogP contribution is -2.39. The summed E-state index contributed by atoms with van der Waals surface area (Å²) in [5, 5.41) is 3.24. The van der Waals surface area contributed by atoms with E-state index < -0.39 is 0 Å². The maximum Gasteiger partial charge on any atom is 0.0710 e. The van der Waals surface area contributed by atoms with Crippen molar-refractivity contribution in [1.29, 1.82) is 0 Å². The molecular formula is C11H24N2O. The molecule has 3 nitrogen and oxygen atoms in total. The average molecular weight is 200 g/mol. The molecule has 0 spiro atoms. The molecule has 0 aliphatic carbocycles. The first kappa shape index (κ1) is 12.0. The molecule has 0 radical (unpaired) electrons. The molecule has 0 aromatic heterocycles. The van der Waals surface area contributed by atoms with E-state index in [2.05, 4.69) is 24.1 Å². The van der Waals surface area contributed by atoms with Gasteiger partial charge >= 0.3 is 0 Å². The zero-order valence-electron chi connectivity index (χ0n) is 9.92. The Hall–Kier alpha value is -0.120. The maximum atomic E-state index is 5.37. The number of hydrogen-bond donors (Lipinski definition) is 1. The second-order valence-electron chi connectivity index (χ2n) is 4.42. The number of methoxy groups -OCH3 is 1. The van der Waals surface area contributed by atoms with Crippen molar-refractivity contribution in [3.63, 3.8) is 0 Å². The van der Waals surface area contributed by atoms with Crippen LogP contribution in [0.25, 0.3) is 0 Å². The maximum absolute atomic E-state index is 5.37. The van der Waals surface area contributed by atoms with Gasteiger partial charge in [-0.15, -0.1) is 0 Å². The van der Waals surface area contributed by atoms with Gasteiger partial charge in [0.2, 0.25) is 0 Å². The van der Waals surface area contributed by atoms with Crippen LogP contribution >= 0.6 is 0 Å². The Bertz CT molecular complexity index is 163. The summed E-state index contributed by atoms with van der Waals surface area (Å²) in [4.78, 5) is 2.54. The summed E-state index contributed by atoms with van der Waals surface area (Å²) >= 11 is 0. The predicted molar refractivity (Wildman–Crippen MR) is 59.5 cm³/mol. The van der Waals surface area contributed by atoms with E-state index in [0.29, 0.717) is 18.1 Å². The van der Waals surface area contributed by atoms with E-state index in [0.717, 1.165) is 13.1 Å².